The van der Waals surface area contributed by atoms with E-state index < -0.39 is 18.3 Å². The predicted octanol–water partition coefficient (Wildman–Crippen LogP) is 9.70. The third kappa shape index (κ3) is 3.53. The smallest absolute Gasteiger partial charge is 0.399 e. The van der Waals surface area contributed by atoms with Crippen molar-refractivity contribution in [2.75, 3.05) is 0 Å². The van der Waals surface area contributed by atoms with Gasteiger partial charge in [-0.25, -0.2) is 0 Å². The lowest BCUT2D eigenvalue weighted by Gasteiger charge is -2.32. The first-order valence-corrected chi connectivity index (χ1v) is 15.5. The molecule has 0 saturated carbocycles. The summed E-state index contributed by atoms with van der Waals surface area (Å²) in [5, 5.41) is 12.6. The Morgan fingerprint density at radius 2 is 1.07 bits per heavy atom. The molecule has 0 aliphatic carbocycles. The second-order valence-electron chi connectivity index (χ2n) is 13.2. The van der Waals surface area contributed by atoms with Crippen molar-refractivity contribution in [3.05, 3.63) is 121 Å². The number of aromatic nitrogens is 1. The lowest BCUT2D eigenvalue weighted by molar-refractivity contribution is 0.00578. The van der Waals surface area contributed by atoms with Crippen LogP contribution >= 0.6 is 0 Å². The summed E-state index contributed by atoms with van der Waals surface area (Å²) >= 11 is 0. The number of benzene rings is 7. The van der Waals surface area contributed by atoms with E-state index in [-0.39, 0.29) is 0 Å². The van der Waals surface area contributed by atoms with Crippen LogP contribution in [-0.2, 0) is 9.31 Å². The molecule has 0 N–H and O–H groups in total. The van der Waals surface area contributed by atoms with E-state index in [0.29, 0.717) is 0 Å². The fourth-order valence-corrected chi connectivity index (χ4v) is 7.23. The second-order valence-corrected chi connectivity index (χ2v) is 13.2. The fourth-order valence-electron chi connectivity index (χ4n) is 7.23. The highest BCUT2D eigenvalue weighted by molar-refractivity contribution is 6.62. The van der Waals surface area contributed by atoms with Gasteiger partial charge in [-0.2, -0.15) is 0 Å². The SMILES string of the molecule is CC1(C)OB(c2ccc3c(c2)c2ccccc2c2cc4c5c6ccccc6ccc5n(-c5ccccc5)c4cc32)OC1(C)C. The zero-order chi connectivity index (χ0) is 29.8. The van der Waals surface area contributed by atoms with Crippen LogP contribution in [0.3, 0.4) is 0 Å². The van der Waals surface area contributed by atoms with Crippen molar-refractivity contribution in [2.45, 2.75) is 38.9 Å². The first kappa shape index (κ1) is 25.8. The van der Waals surface area contributed by atoms with Crippen LogP contribution in [0.25, 0.3) is 70.6 Å². The van der Waals surface area contributed by atoms with Gasteiger partial charge in [-0.3, -0.25) is 0 Å². The molecule has 1 saturated heterocycles. The Morgan fingerprint density at radius 3 is 1.80 bits per heavy atom. The summed E-state index contributed by atoms with van der Waals surface area (Å²) in [6, 6.07) is 44.4. The van der Waals surface area contributed by atoms with Gasteiger partial charge in [0.2, 0.25) is 0 Å². The molecular formula is C40H32BNO2. The number of fused-ring (bicyclic) bond motifs is 11. The van der Waals surface area contributed by atoms with Crippen molar-refractivity contribution >= 4 is 77.5 Å². The molecule has 0 radical (unpaired) electrons. The molecule has 2 heterocycles. The highest BCUT2D eigenvalue weighted by Gasteiger charge is 2.51. The van der Waals surface area contributed by atoms with Crippen molar-refractivity contribution in [3.63, 3.8) is 0 Å². The van der Waals surface area contributed by atoms with Gasteiger partial charge in [0, 0.05) is 16.5 Å². The van der Waals surface area contributed by atoms with Gasteiger partial charge >= 0.3 is 7.12 Å². The van der Waals surface area contributed by atoms with Crippen molar-refractivity contribution in [2.24, 2.45) is 0 Å². The molecule has 1 fully saturated rings. The van der Waals surface area contributed by atoms with Gasteiger partial charge in [-0.15, -0.1) is 0 Å². The van der Waals surface area contributed by atoms with E-state index in [1.165, 1.54) is 64.9 Å². The first-order chi connectivity index (χ1) is 21.3. The second kappa shape index (κ2) is 8.95. The van der Waals surface area contributed by atoms with E-state index in [1.54, 1.807) is 0 Å². The summed E-state index contributed by atoms with van der Waals surface area (Å²) in [4.78, 5) is 0. The van der Waals surface area contributed by atoms with Crippen molar-refractivity contribution in [3.8, 4) is 5.69 Å². The van der Waals surface area contributed by atoms with Crippen molar-refractivity contribution in [1.29, 1.82) is 0 Å². The molecule has 0 unspecified atom stereocenters. The van der Waals surface area contributed by atoms with E-state index in [1.807, 2.05) is 0 Å². The first-order valence-electron chi connectivity index (χ1n) is 15.5. The average Bonchev–Trinajstić information content (AvgIpc) is 3.49. The van der Waals surface area contributed by atoms with E-state index >= 15 is 0 Å². The summed E-state index contributed by atoms with van der Waals surface area (Å²) in [6.07, 6.45) is 0. The minimum absolute atomic E-state index is 0.390. The molecule has 0 atom stereocenters. The van der Waals surface area contributed by atoms with Gasteiger partial charge in [0.15, 0.2) is 0 Å². The van der Waals surface area contributed by atoms with Crippen LogP contribution in [0.5, 0.6) is 0 Å². The molecular weight excluding hydrogens is 537 g/mol. The van der Waals surface area contributed by atoms with Crippen molar-refractivity contribution in [1.82, 2.24) is 4.57 Å². The van der Waals surface area contributed by atoms with Crippen molar-refractivity contribution < 1.29 is 9.31 Å². The number of rotatable bonds is 2. The summed E-state index contributed by atoms with van der Waals surface area (Å²) in [6.45, 7) is 8.43. The Hall–Kier alpha value is -4.64. The molecule has 7 aromatic carbocycles. The monoisotopic (exact) mass is 569 g/mol. The third-order valence-corrected chi connectivity index (χ3v) is 10.2. The fraction of sp³-hybridized carbons (Fsp3) is 0.150. The lowest BCUT2D eigenvalue weighted by atomic mass is 9.77. The molecule has 1 aromatic heterocycles. The summed E-state index contributed by atoms with van der Waals surface area (Å²) < 4.78 is 15.4. The number of hydrogen-bond donors (Lipinski definition) is 0. The standard InChI is InChI=1S/C40H32BNO2/c1-39(2)40(3,4)44-41(43-39)26-19-20-31-32(22-26)29-16-10-11-17-30(29)33-23-35-37(24-34(31)33)42(27-13-6-5-7-14-27)36-21-18-25-12-8-9-15-28(25)38(35)36/h5-24H,1-4H3. The predicted molar refractivity (Wildman–Crippen MR) is 187 cm³/mol. The number of para-hydroxylation sites is 1. The molecule has 0 spiro atoms. The highest BCUT2D eigenvalue weighted by atomic mass is 16.7. The minimum Gasteiger partial charge on any atom is -0.399 e. The van der Waals surface area contributed by atoms with Gasteiger partial charge < -0.3 is 13.9 Å². The van der Waals surface area contributed by atoms with E-state index in [9.17, 15) is 0 Å². The zero-order valence-corrected chi connectivity index (χ0v) is 25.4. The maximum atomic E-state index is 6.46. The maximum absolute atomic E-state index is 6.46. The van der Waals surface area contributed by atoms with E-state index in [0.717, 1.165) is 11.2 Å². The summed E-state index contributed by atoms with van der Waals surface area (Å²) in [5.41, 5.74) is 3.86. The Labute approximate surface area is 256 Å². The van der Waals surface area contributed by atoms with Crippen LogP contribution in [0.15, 0.2) is 121 Å². The average molecular weight is 570 g/mol. The largest absolute Gasteiger partial charge is 0.494 e. The molecule has 0 bridgehead atoms. The molecule has 4 heteroatoms. The molecule has 212 valence electrons. The highest BCUT2D eigenvalue weighted by Crippen LogP contribution is 2.43. The lowest BCUT2D eigenvalue weighted by Crippen LogP contribution is -2.41. The van der Waals surface area contributed by atoms with Gasteiger partial charge in [0.25, 0.3) is 0 Å². The number of hydrogen-bond acceptors (Lipinski definition) is 2. The summed E-state index contributed by atoms with van der Waals surface area (Å²) in [5.74, 6) is 0. The molecule has 8 aromatic rings. The Morgan fingerprint density at radius 1 is 0.477 bits per heavy atom. The normalized spacial score (nSPS) is 16.3. The quantitative estimate of drug-likeness (QED) is 0.153. The van der Waals surface area contributed by atoms with Gasteiger partial charge in [-0.1, -0.05) is 91.0 Å². The molecule has 0 amide bonds. The van der Waals surface area contributed by atoms with Gasteiger partial charge in [0.05, 0.1) is 22.2 Å². The van der Waals surface area contributed by atoms with Gasteiger partial charge in [0.1, 0.15) is 0 Å². The maximum Gasteiger partial charge on any atom is 0.494 e. The molecule has 9 rings (SSSR count). The Kier molecular flexibility index (Phi) is 5.25. The van der Waals surface area contributed by atoms with Crippen LogP contribution < -0.4 is 5.46 Å². The van der Waals surface area contributed by atoms with Crippen LogP contribution in [0, 0.1) is 0 Å². The van der Waals surface area contributed by atoms with Crippen LogP contribution in [0.1, 0.15) is 27.7 Å². The Bertz CT molecular complexity index is 2440. The zero-order valence-electron chi connectivity index (χ0n) is 25.4. The van der Waals surface area contributed by atoms with Crippen LogP contribution in [0.4, 0.5) is 0 Å². The minimum atomic E-state index is -0.407. The van der Waals surface area contributed by atoms with Crippen LogP contribution in [-0.4, -0.2) is 22.9 Å². The van der Waals surface area contributed by atoms with Gasteiger partial charge in [-0.05, 0) is 107 Å². The third-order valence-electron chi connectivity index (χ3n) is 10.2. The molecule has 3 nitrogen and oxygen atoms in total. The van der Waals surface area contributed by atoms with E-state index in [4.69, 9.17) is 9.31 Å². The van der Waals surface area contributed by atoms with Crippen LogP contribution in [0.2, 0.25) is 0 Å². The molecule has 44 heavy (non-hydrogen) atoms. The molecule has 1 aliphatic rings. The topological polar surface area (TPSA) is 23.4 Å². The molecule has 1 aliphatic heterocycles. The number of nitrogens with zero attached hydrogens (tertiary/aromatic N) is 1. The Balaban J connectivity index is 1.41. The summed E-state index contributed by atoms with van der Waals surface area (Å²) in [7, 11) is -0.407. The van der Waals surface area contributed by atoms with E-state index in [2.05, 4.69) is 154 Å².